The first-order chi connectivity index (χ1) is 10.8. The second-order valence-electron chi connectivity index (χ2n) is 6.83. The number of aromatic nitrogens is 1. The van der Waals surface area contributed by atoms with Gasteiger partial charge in [-0.1, -0.05) is 5.16 Å². The van der Waals surface area contributed by atoms with Crippen LogP contribution >= 0.6 is 0 Å². The summed E-state index contributed by atoms with van der Waals surface area (Å²) in [5.41, 5.74) is 0.812. The number of nitrogens with zero attached hydrogens (tertiary/aromatic N) is 2. The van der Waals surface area contributed by atoms with Gasteiger partial charge in [0, 0.05) is 32.2 Å². The number of aryl methyl sites for hydroxylation is 1. The standard InChI is InChI=1S/C15H25N3O4S/c1-12-8-13(17-22-12)10-18-7-6-15(11-18)5-3-4-14(21-15)9-16-23(2,19)20/h8,14,16H,3-7,9-11H2,1-2H3/t14-,15-/m1/s1. The Bertz CT molecular complexity index is 645. The van der Waals surface area contributed by atoms with Crippen molar-refractivity contribution in [1.82, 2.24) is 14.8 Å². The predicted molar refractivity (Wildman–Crippen MR) is 85.4 cm³/mol. The summed E-state index contributed by atoms with van der Waals surface area (Å²) in [5, 5.41) is 4.05. The Morgan fingerprint density at radius 2 is 2.30 bits per heavy atom. The summed E-state index contributed by atoms with van der Waals surface area (Å²) in [5.74, 6) is 0.828. The molecule has 1 spiro atoms. The molecule has 0 bridgehead atoms. The van der Waals surface area contributed by atoms with Crippen LogP contribution < -0.4 is 4.72 Å². The SMILES string of the molecule is Cc1cc(CN2CC[C@]3(CCC[C@H](CNS(C)(=O)=O)O3)C2)no1. The molecule has 23 heavy (non-hydrogen) atoms. The third kappa shape index (κ3) is 4.53. The minimum atomic E-state index is -3.17. The van der Waals surface area contributed by atoms with Crippen LogP contribution in [-0.2, 0) is 21.3 Å². The number of hydrogen-bond acceptors (Lipinski definition) is 6. The van der Waals surface area contributed by atoms with Crippen molar-refractivity contribution in [2.75, 3.05) is 25.9 Å². The van der Waals surface area contributed by atoms with E-state index < -0.39 is 10.0 Å². The van der Waals surface area contributed by atoms with Gasteiger partial charge in [-0.05, 0) is 32.6 Å². The fraction of sp³-hybridized carbons (Fsp3) is 0.800. The molecule has 0 aromatic carbocycles. The van der Waals surface area contributed by atoms with E-state index in [1.807, 2.05) is 13.0 Å². The molecule has 1 N–H and O–H groups in total. The van der Waals surface area contributed by atoms with Gasteiger partial charge in [0.2, 0.25) is 10.0 Å². The normalized spacial score (nSPS) is 29.4. The van der Waals surface area contributed by atoms with Crippen LogP contribution in [0.5, 0.6) is 0 Å². The third-order valence-corrected chi connectivity index (χ3v) is 5.30. The Hall–Kier alpha value is -0.960. The lowest BCUT2D eigenvalue weighted by Gasteiger charge is -2.38. The maximum atomic E-state index is 11.3. The molecular weight excluding hydrogens is 318 g/mol. The average molecular weight is 343 g/mol. The number of hydrogen-bond donors (Lipinski definition) is 1. The van der Waals surface area contributed by atoms with Crippen molar-refractivity contribution in [3.63, 3.8) is 0 Å². The van der Waals surface area contributed by atoms with Gasteiger partial charge in [-0.15, -0.1) is 0 Å². The maximum Gasteiger partial charge on any atom is 0.208 e. The van der Waals surface area contributed by atoms with Crippen molar-refractivity contribution in [2.45, 2.75) is 50.9 Å². The largest absolute Gasteiger partial charge is 0.369 e. The quantitative estimate of drug-likeness (QED) is 0.860. The van der Waals surface area contributed by atoms with Gasteiger partial charge in [0.15, 0.2) is 0 Å². The Labute approximate surface area is 137 Å². The molecule has 3 heterocycles. The molecule has 0 unspecified atom stereocenters. The number of nitrogens with one attached hydrogen (secondary N) is 1. The Morgan fingerprint density at radius 1 is 1.48 bits per heavy atom. The van der Waals surface area contributed by atoms with Crippen LogP contribution in [0, 0.1) is 6.92 Å². The lowest BCUT2D eigenvalue weighted by Crippen LogP contribution is -2.46. The van der Waals surface area contributed by atoms with Gasteiger partial charge in [-0.25, -0.2) is 13.1 Å². The van der Waals surface area contributed by atoms with Gasteiger partial charge >= 0.3 is 0 Å². The van der Waals surface area contributed by atoms with E-state index in [-0.39, 0.29) is 11.7 Å². The van der Waals surface area contributed by atoms with E-state index in [1.54, 1.807) is 0 Å². The highest BCUT2D eigenvalue weighted by Gasteiger charge is 2.43. The summed E-state index contributed by atoms with van der Waals surface area (Å²) in [6.45, 7) is 4.87. The lowest BCUT2D eigenvalue weighted by atomic mass is 9.90. The van der Waals surface area contributed by atoms with Crippen molar-refractivity contribution in [1.29, 1.82) is 0 Å². The van der Waals surface area contributed by atoms with E-state index in [2.05, 4.69) is 14.8 Å². The van der Waals surface area contributed by atoms with Crippen LogP contribution in [-0.4, -0.2) is 56.1 Å². The van der Waals surface area contributed by atoms with Crippen LogP contribution in [0.25, 0.3) is 0 Å². The molecule has 0 saturated carbocycles. The summed E-state index contributed by atoms with van der Waals surface area (Å²) in [4.78, 5) is 2.34. The Kier molecular flexibility index (Phi) is 4.78. The maximum absolute atomic E-state index is 11.3. The Balaban J connectivity index is 1.55. The summed E-state index contributed by atoms with van der Waals surface area (Å²) in [6, 6.07) is 1.96. The monoisotopic (exact) mass is 343 g/mol. The topological polar surface area (TPSA) is 84.7 Å². The van der Waals surface area contributed by atoms with E-state index in [1.165, 1.54) is 6.26 Å². The fourth-order valence-electron chi connectivity index (χ4n) is 3.60. The second-order valence-corrected chi connectivity index (χ2v) is 8.66. The average Bonchev–Trinajstić information content (AvgIpc) is 3.04. The van der Waals surface area contributed by atoms with E-state index in [0.717, 1.165) is 56.8 Å². The summed E-state index contributed by atoms with van der Waals surface area (Å²) >= 11 is 0. The van der Waals surface area contributed by atoms with Crippen LogP contribution in [0.15, 0.2) is 10.6 Å². The molecule has 7 nitrogen and oxygen atoms in total. The number of likely N-dealkylation sites (tertiary alicyclic amines) is 1. The highest BCUT2D eigenvalue weighted by molar-refractivity contribution is 7.88. The first-order valence-corrected chi connectivity index (χ1v) is 10.00. The van der Waals surface area contributed by atoms with Crippen molar-refractivity contribution >= 4 is 10.0 Å². The summed E-state index contributed by atoms with van der Waals surface area (Å²) in [7, 11) is -3.17. The van der Waals surface area contributed by atoms with Gasteiger partial charge < -0.3 is 9.26 Å². The minimum absolute atomic E-state index is 0.0345. The van der Waals surface area contributed by atoms with E-state index in [9.17, 15) is 8.42 Å². The first-order valence-electron chi connectivity index (χ1n) is 8.11. The van der Waals surface area contributed by atoms with Crippen LogP contribution in [0.4, 0.5) is 0 Å². The molecule has 2 saturated heterocycles. The zero-order valence-electron chi connectivity index (χ0n) is 13.7. The highest BCUT2D eigenvalue weighted by Crippen LogP contribution is 2.37. The first kappa shape index (κ1) is 16.9. The van der Waals surface area contributed by atoms with Crippen LogP contribution in [0.3, 0.4) is 0 Å². The molecular formula is C15H25N3O4S. The zero-order chi connectivity index (χ0) is 16.5. The molecule has 0 radical (unpaired) electrons. The molecule has 2 fully saturated rings. The van der Waals surface area contributed by atoms with Crippen molar-refractivity contribution < 1.29 is 17.7 Å². The number of rotatable bonds is 5. The molecule has 2 aliphatic rings. The van der Waals surface area contributed by atoms with Gasteiger partial charge in [0.05, 0.1) is 23.7 Å². The molecule has 2 atom stereocenters. The van der Waals surface area contributed by atoms with Gasteiger partial charge in [0.1, 0.15) is 5.76 Å². The fourth-order valence-corrected chi connectivity index (χ4v) is 4.08. The van der Waals surface area contributed by atoms with Gasteiger partial charge in [0.25, 0.3) is 0 Å². The second kappa shape index (κ2) is 6.51. The smallest absolute Gasteiger partial charge is 0.208 e. The van der Waals surface area contributed by atoms with Crippen molar-refractivity contribution in [2.24, 2.45) is 0 Å². The molecule has 2 aliphatic heterocycles. The minimum Gasteiger partial charge on any atom is -0.369 e. The highest BCUT2D eigenvalue weighted by atomic mass is 32.2. The van der Waals surface area contributed by atoms with Crippen LogP contribution in [0.1, 0.15) is 37.1 Å². The molecule has 1 aromatic heterocycles. The molecule has 0 aliphatic carbocycles. The van der Waals surface area contributed by atoms with Crippen molar-refractivity contribution in [3.05, 3.63) is 17.5 Å². The number of ether oxygens (including phenoxy) is 1. The lowest BCUT2D eigenvalue weighted by molar-refractivity contribution is -0.118. The van der Waals surface area contributed by atoms with Gasteiger partial charge in [-0.2, -0.15) is 0 Å². The molecule has 3 rings (SSSR count). The molecule has 1 aromatic rings. The molecule has 130 valence electrons. The Morgan fingerprint density at radius 3 is 3.00 bits per heavy atom. The van der Waals surface area contributed by atoms with E-state index >= 15 is 0 Å². The summed E-state index contributed by atoms with van der Waals surface area (Å²) < 4.78 is 36.5. The molecule has 8 heteroatoms. The summed E-state index contributed by atoms with van der Waals surface area (Å²) in [6.07, 6.45) is 5.16. The predicted octanol–water partition coefficient (Wildman–Crippen LogP) is 1.05. The van der Waals surface area contributed by atoms with E-state index in [0.29, 0.717) is 6.54 Å². The van der Waals surface area contributed by atoms with Crippen LogP contribution in [0.2, 0.25) is 0 Å². The third-order valence-electron chi connectivity index (χ3n) is 4.61. The number of sulfonamides is 1. The molecule has 0 amide bonds. The zero-order valence-corrected chi connectivity index (χ0v) is 14.6. The van der Waals surface area contributed by atoms with Crippen molar-refractivity contribution in [3.8, 4) is 0 Å². The van der Waals surface area contributed by atoms with E-state index in [4.69, 9.17) is 9.26 Å². The van der Waals surface area contributed by atoms with Gasteiger partial charge in [-0.3, -0.25) is 4.90 Å².